The summed E-state index contributed by atoms with van der Waals surface area (Å²) in [5, 5.41) is 2.49. The summed E-state index contributed by atoms with van der Waals surface area (Å²) in [5.74, 6) is 2.27. The number of furan rings is 1. The van der Waals surface area contributed by atoms with Crippen LogP contribution in [0.15, 0.2) is 45.4 Å². The lowest BCUT2D eigenvalue weighted by atomic mass is 10.0. The molecule has 4 rings (SSSR count). The first kappa shape index (κ1) is 20.5. The molecule has 3 heterocycles. The number of hydrogen-bond acceptors (Lipinski definition) is 8. The van der Waals surface area contributed by atoms with Gasteiger partial charge in [-0.05, 0) is 56.0 Å². The monoisotopic (exact) mass is 426 g/mol. The van der Waals surface area contributed by atoms with E-state index in [0.29, 0.717) is 53.9 Å². The van der Waals surface area contributed by atoms with Gasteiger partial charge in [-0.1, -0.05) is 6.07 Å². The Balaban J connectivity index is 1.35. The zero-order valence-electron chi connectivity index (χ0n) is 17.2. The van der Waals surface area contributed by atoms with E-state index in [0.717, 1.165) is 5.56 Å². The molecular weight excluding hydrogens is 404 g/mol. The molecule has 3 aromatic rings. The highest BCUT2D eigenvalue weighted by molar-refractivity contribution is 5.95. The Hall–Kier alpha value is -3.75. The predicted molar refractivity (Wildman–Crippen MR) is 108 cm³/mol. The van der Waals surface area contributed by atoms with Gasteiger partial charge in [0.05, 0.1) is 13.4 Å². The normalized spacial score (nSPS) is 15.6. The van der Waals surface area contributed by atoms with Crippen molar-refractivity contribution < 1.29 is 32.6 Å². The number of aryl methyl sites for hydroxylation is 2. The van der Waals surface area contributed by atoms with Gasteiger partial charge in [0.1, 0.15) is 24.1 Å². The van der Waals surface area contributed by atoms with E-state index in [4.69, 9.17) is 18.3 Å². The number of amides is 1. The fourth-order valence-electron chi connectivity index (χ4n) is 3.29. The number of rotatable bonds is 9. The van der Waals surface area contributed by atoms with Crippen LogP contribution in [-0.4, -0.2) is 30.2 Å². The highest BCUT2D eigenvalue weighted by atomic mass is 16.6. The number of carbonyl (C=O) groups excluding carboxylic acids is 2. The van der Waals surface area contributed by atoms with E-state index in [1.54, 1.807) is 25.5 Å². The van der Waals surface area contributed by atoms with Crippen LogP contribution in [0.2, 0.25) is 0 Å². The highest BCUT2D eigenvalue weighted by Gasteiger charge is 2.31. The summed E-state index contributed by atoms with van der Waals surface area (Å²) in [6.45, 7) is 2.04. The Bertz CT molecular complexity index is 1070. The Labute approximate surface area is 178 Å². The second kappa shape index (κ2) is 8.95. The summed E-state index contributed by atoms with van der Waals surface area (Å²) in [4.78, 5) is 27.0. The molecule has 1 aliphatic heterocycles. The van der Waals surface area contributed by atoms with Crippen molar-refractivity contribution in [2.75, 3.05) is 7.11 Å². The lowest BCUT2D eigenvalue weighted by Gasteiger charge is -2.12. The average Bonchev–Trinajstić information content (AvgIpc) is 3.48. The molecule has 1 aromatic carbocycles. The van der Waals surface area contributed by atoms with E-state index in [9.17, 15) is 9.59 Å². The summed E-state index contributed by atoms with van der Waals surface area (Å²) >= 11 is 0. The molecular formula is C22H22N2O7. The molecule has 9 heteroatoms. The van der Waals surface area contributed by atoms with Gasteiger partial charge in [-0.25, -0.2) is 14.6 Å². The number of aromatic nitrogens is 1. The summed E-state index contributed by atoms with van der Waals surface area (Å²) in [7, 11) is 1.58. The molecule has 0 bridgehead atoms. The first-order valence-corrected chi connectivity index (χ1v) is 9.85. The van der Waals surface area contributed by atoms with Gasteiger partial charge >= 0.3 is 12.1 Å². The van der Waals surface area contributed by atoms with Crippen molar-refractivity contribution in [3.63, 3.8) is 0 Å². The fourth-order valence-corrected chi connectivity index (χ4v) is 3.29. The average molecular weight is 426 g/mol. The van der Waals surface area contributed by atoms with Gasteiger partial charge in [-0.2, -0.15) is 0 Å². The predicted octanol–water partition coefficient (Wildman–Crippen LogP) is 3.79. The molecule has 0 spiro atoms. The SMILES string of the molecule is COc1cc(CCCC2NC(=O)OC2=O)ccc1OCc1nc(-c2ccco2)oc1C. The van der Waals surface area contributed by atoms with Gasteiger partial charge < -0.3 is 28.4 Å². The van der Waals surface area contributed by atoms with Gasteiger partial charge in [0.15, 0.2) is 17.3 Å². The number of cyclic esters (lactones) is 2. The van der Waals surface area contributed by atoms with E-state index in [1.165, 1.54) is 0 Å². The van der Waals surface area contributed by atoms with Crippen molar-refractivity contribution in [1.29, 1.82) is 0 Å². The summed E-state index contributed by atoms with van der Waals surface area (Å²) in [6.07, 6.45) is 2.81. The molecule has 0 aliphatic carbocycles. The maximum Gasteiger partial charge on any atom is 0.415 e. The molecule has 1 N–H and O–H groups in total. The number of methoxy groups -OCH3 is 1. The van der Waals surface area contributed by atoms with Gasteiger partial charge in [0, 0.05) is 0 Å². The van der Waals surface area contributed by atoms with Crippen LogP contribution in [0.5, 0.6) is 11.5 Å². The molecule has 1 amide bonds. The number of nitrogens with zero attached hydrogens (tertiary/aromatic N) is 1. The van der Waals surface area contributed by atoms with Gasteiger partial charge in [-0.3, -0.25) is 0 Å². The molecule has 1 fully saturated rings. The number of ether oxygens (including phenoxy) is 3. The minimum atomic E-state index is -0.684. The number of benzene rings is 1. The molecule has 162 valence electrons. The number of alkyl carbamates (subject to hydrolysis) is 1. The van der Waals surface area contributed by atoms with E-state index in [1.807, 2.05) is 25.1 Å². The van der Waals surface area contributed by atoms with Crippen molar-refractivity contribution in [3.8, 4) is 23.1 Å². The lowest BCUT2D eigenvalue weighted by molar-refractivity contribution is -0.135. The smallest absolute Gasteiger partial charge is 0.415 e. The van der Waals surface area contributed by atoms with Crippen LogP contribution in [0.4, 0.5) is 4.79 Å². The molecule has 0 saturated carbocycles. The van der Waals surface area contributed by atoms with E-state index in [-0.39, 0.29) is 6.61 Å². The molecule has 2 aromatic heterocycles. The first-order chi connectivity index (χ1) is 15.0. The second-order valence-corrected chi connectivity index (χ2v) is 7.07. The van der Waals surface area contributed by atoms with Crippen LogP contribution in [-0.2, 0) is 22.6 Å². The highest BCUT2D eigenvalue weighted by Crippen LogP contribution is 2.30. The third kappa shape index (κ3) is 4.71. The van der Waals surface area contributed by atoms with Crippen LogP contribution >= 0.6 is 0 Å². The number of nitrogens with one attached hydrogen (secondary N) is 1. The van der Waals surface area contributed by atoms with Crippen LogP contribution in [0.1, 0.15) is 29.9 Å². The van der Waals surface area contributed by atoms with Crippen molar-refractivity contribution in [2.45, 2.75) is 38.8 Å². The fraction of sp³-hybridized carbons (Fsp3) is 0.318. The number of hydrogen-bond donors (Lipinski definition) is 1. The molecule has 1 saturated heterocycles. The summed E-state index contributed by atoms with van der Waals surface area (Å²) in [6, 6.07) is 8.64. The van der Waals surface area contributed by atoms with Gasteiger partial charge in [0.25, 0.3) is 5.89 Å². The third-order valence-electron chi connectivity index (χ3n) is 4.95. The molecule has 1 unspecified atom stereocenters. The van der Waals surface area contributed by atoms with E-state index in [2.05, 4.69) is 15.0 Å². The van der Waals surface area contributed by atoms with Gasteiger partial charge in [0.2, 0.25) is 0 Å². The maximum atomic E-state index is 11.5. The standard InChI is InChI=1S/C22H22N2O7/c1-13-16(23-20(30-13)18-7-4-10-28-18)12-29-17-9-8-14(11-19(17)27-2)5-3-6-15-21(25)31-22(26)24-15/h4,7-11,15H,3,5-6,12H2,1-2H3,(H,24,26). The number of oxazole rings is 1. The zero-order chi connectivity index (χ0) is 21.8. The zero-order valence-corrected chi connectivity index (χ0v) is 17.2. The first-order valence-electron chi connectivity index (χ1n) is 9.85. The number of carbonyl (C=O) groups is 2. The van der Waals surface area contributed by atoms with Crippen LogP contribution in [0.25, 0.3) is 11.7 Å². The van der Waals surface area contributed by atoms with Crippen molar-refractivity contribution in [2.24, 2.45) is 0 Å². The van der Waals surface area contributed by atoms with Crippen molar-refractivity contribution >= 4 is 12.1 Å². The molecule has 0 radical (unpaired) electrons. The van der Waals surface area contributed by atoms with Crippen LogP contribution < -0.4 is 14.8 Å². The number of esters is 1. The van der Waals surface area contributed by atoms with E-state index >= 15 is 0 Å². The molecule has 31 heavy (non-hydrogen) atoms. The quantitative estimate of drug-likeness (QED) is 0.406. The van der Waals surface area contributed by atoms with E-state index < -0.39 is 18.1 Å². The van der Waals surface area contributed by atoms with Crippen molar-refractivity contribution in [1.82, 2.24) is 10.3 Å². The Kier molecular flexibility index (Phi) is 5.92. The minimum Gasteiger partial charge on any atom is -0.493 e. The third-order valence-corrected chi connectivity index (χ3v) is 4.95. The van der Waals surface area contributed by atoms with Crippen LogP contribution in [0, 0.1) is 6.92 Å². The summed E-state index contributed by atoms with van der Waals surface area (Å²) in [5.41, 5.74) is 1.70. The largest absolute Gasteiger partial charge is 0.493 e. The molecule has 9 nitrogen and oxygen atoms in total. The molecule has 1 atom stereocenters. The summed E-state index contributed by atoms with van der Waals surface area (Å²) < 4.78 is 26.8. The van der Waals surface area contributed by atoms with Crippen molar-refractivity contribution in [3.05, 3.63) is 53.6 Å². The van der Waals surface area contributed by atoms with Crippen LogP contribution in [0.3, 0.4) is 0 Å². The lowest BCUT2D eigenvalue weighted by Crippen LogP contribution is -2.28. The molecule has 1 aliphatic rings. The Morgan fingerprint density at radius 2 is 2.06 bits per heavy atom. The topological polar surface area (TPSA) is 113 Å². The van der Waals surface area contributed by atoms with Gasteiger partial charge in [-0.15, -0.1) is 0 Å². The second-order valence-electron chi connectivity index (χ2n) is 7.07. The Morgan fingerprint density at radius 3 is 2.77 bits per heavy atom. The maximum absolute atomic E-state index is 11.5. The Morgan fingerprint density at radius 1 is 1.19 bits per heavy atom. The minimum absolute atomic E-state index is 0.217.